The molecule has 1 saturated carbocycles. The van der Waals surface area contributed by atoms with Crippen LogP contribution >= 0.6 is 0 Å². The molecule has 38 heavy (non-hydrogen) atoms. The lowest BCUT2D eigenvalue weighted by atomic mass is 9.58. The van der Waals surface area contributed by atoms with E-state index in [1.54, 1.807) is 5.56 Å². The van der Waals surface area contributed by atoms with Crippen molar-refractivity contribution in [2.24, 2.45) is 5.92 Å². The van der Waals surface area contributed by atoms with E-state index in [2.05, 4.69) is 133 Å². The molecule has 0 radical (unpaired) electrons. The third-order valence-electron chi connectivity index (χ3n) is 9.81. The molecule has 1 aliphatic carbocycles. The lowest BCUT2D eigenvalue weighted by Gasteiger charge is -2.46. The molecule has 0 spiro atoms. The molecule has 3 aliphatic rings. The molecule has 0 bridgehead atoms. The fourth-order valence-corrected chi connectivity index (χ4v) is 8.43. The number of nitrogens with zero attached hydrogens (tertiary/aromatic N) is 2. The maximum Gasteiger partial charge on any atom is 0.129 e. The van der Waals surface area contributed by atoms with Gasteiger partial charge in [0.05, 0.1) is 12.1 Å². The van der Waals surface area contributed by atoms with Crippen molar-refractivity contribution >= 4 is 11.4 Å². The summed E-state index contributed by atoms with van der Waals surface area (Å²) in [5, 5.41) is 0. The van der Waals surface area contributed by atoms with Gasteiger partial charge in [-0.2, -0.15) is 0 Å². The van der Waals surface area contributed by atoms with Crippen molar-refractivity contribution in [3.8, 4) is 0 Å². The summed E-state index contributed by atoms with van der Waals surface area (Å²) in [4.78, 5) is 5.56. The van der Waals surface area contributed by atoms with E-state index in [9.17, 15) is 0 Å². The minimum absolute atomic E-state index is 0.0395. The lowest BCUT2D eigenvalue weighted by Crippen LogP contribution is -2.53. The lowest BCUT2D eigenvalue weighted by molar-refractivity contribution is 0.210. The average molecular weight is 499 g/mol. The van der Waals surface area contributed by atoms with Crippen molar-refractivity contribution in [1.29, 1.82) is 0 Å². The summed E-state index contributed by atoms with van der Waals surface area (Å²) in [6.07, 6.45) is 6.81. The number of hydrogen-bond acceptors (Lipinski definition) is 2. The molecule has 0 N–H and O–H groups in total. The fourth-order valence-electron chi connectivity index (χ4n) is 8.43. The Morgan fingerprint density at radius 2 is 1.24 bits per heavy atom. The van der Waals surface area contributed by atoms with Gasteiger partial charge in [0, 0.05) is 16.8 Å². The molecule has 2 aliphatic heterocycles. The van der Waals surface area contributed by atoms with E-state index in [4.69, 9.17) is 0 Å². The number of rotatable bonds is 4. The molecule has 3 unspecified atom stereocenters. The molecule has 2 fully saturated rings. The van der Waals surface area contributed by atoms with Crippen molar-refractivity contribution in [1.82, 2.24) is 0 Å². The molecule has 192 valence electrons. The normalized spacial score (nSPS) is 26.8. The Morgan fingerprint density at radius 1 is 0.632 bits per heavy atom. The molecule has 0 amide bonds. The van der Waals surface area contributed by atoms with Gasteiger partial charge in [0.15, 0.2) is 0 Å². The van der Waals surface area contributed by atoms with Crippen LogP contribution in [0.2, 0.25) is 0 Å². The van der Waals surface area contributed by atoms with Crippen LogP contribution in [0.25, 0.3) is 0 Å². The Hall–Kier alpha value is -3.52. The van der Waals surface area contributed by atoms with Crippen LogP contribution in [0.5, 0.6) is 0 Å². The van der Waals surface area contributed by atoms with E-state index in [0.29, 0.717) is 18.0 Å². The first-order chi connectivity index (χ1) is 18.7. The molecule has 7 rings (SSSR count). The summed E-state index contributed by atoms with van der Waals surface area (Å²) in [6.45, 7) is 4.77. The molecule has 0 aromatic heterocycles. The third-order valence-corrected chi connectivity index (χ3v) is 9.81. The van der Waals surface area contributed by atoms with E-state index in [1.807, 2.05) is 0 Å². The zero-order chi connectivity index (χ0) is 25.7. The van der Waals surface area contributed by atoms with Crippen LogP contribution in [0.3, 0.4) is 0 Å². The predicted molar refractivity (Wildman–Crippen MR) is 159 cm³/mol. The Bertz CT molecular complexity index is 1410. The van der Waals surface area contributed by atoms with E-state index in [-0.39, 0.29) is 11.6 Å². The van der Waals surface area contributed by atoms with E-state index in [0.717, 1.165) is 0 Å². The highest BCUT2D eigenvalue weighted by molar-refractivity contribution is 5.75. The summed E-state index contributed by atoms with van der Waals surface area (Å²) in [6, 6.07) is 41.8. The molecule has 2 nitrogen and oxygen atoms in total. The van der Waals surface area contributed by atoms with Gasteiger partial charge in [-0.05, 0) is 67.0 Å². The van der Waals surface area contributed by atoms with Crippen molar-refractivity contribution in [3.05, 3.63) is 131 Å². The van der Waals surface area contributed by atoms with E-state index in [1.165, 1.54) is 60.2 Å². The first-order valence-corrected chi connectivity index (χ1v) is 14.5. The SMILES string of the molecule is Cc1ccccc1N1C(c2ccccc2)N2c3ccccc3C(c3ccccc3)(C3CCCCC3)C2[C@@H]1C. The molecule has 4 atom stereocenters. The highest BCUT2D eigenvalue weighted by atomic mass is 15.5. The molecule has 1 saturated heterocycles. The Kier molecular flexibility index (Phi) is 5.80. The van der Waals surface area contributed by atoms with Gasteiger partial charge in [-0.1, -0.05) is 116 Å². The maximum atomic E-state index is 2.82. The molecule has 2 heterocycles. The largest absolute Gasteiger partial charge is 0.342 e. The summed E-state index contributed by atoms with van der Waals surface area (Å²) in [5.41, 5.74) is 8.49. The topological polar surface area (TPSA) is 6.48 Å². The number of para-hydroxylation sites is 2. The third kappa shape index (κ3) is 3.32. The molecular weight excluding hydrogens is 460 g/mol. The second kappa shape index (κ2) is 9.34. The van der Waals surface area contributed by atoms with Crippen molar-refractivity contribution < 1.29 is 0 Å². The van der Waals surface area contributed by atoms with Crippen LogP contribution in [0, 0.1) is 12.8 Å². The summed E-state index contributed by atoms with van der Waals surface area (Å²) in [5.74, 6) is 0.630. The van der Waals surface area contributed by atoms with Crippen molar-refractivity contribution in [2.45, 2.75) is 69.6 Å². The molecule has 4 aromatic rings. The molecular formula is C36H38N2. The van der Waals surface area contributed by atoms with Crippen LogP contribution < -0.4 is 9.80 Å². The van der Waals surface area contributed by atoms with Gasteiger partial charge >= 0.3 is 0 Å². The number of fused-ring (bicyclic) bond motifs is 3. The van der Waals surface area contributed by atoms with Crippen LogP contribution in [0.1, 0.15) is 67.4 Å². The zero-order valence-electron chi connectivity index (χ0n) is 22.6. The quantitative estimate of drug-likeness (QED) is 0.278. The first-order valence-electron chi connectivity index (χ1n) is 14.5. The Morgan fingerprint density at radius 3 is 1.95 bits per heavy atom. The van der Waals surface area contributed by atoms with Crippen LogP contribution in [-0.2, 0) is 5.41 Å². The second-order valence-electron chi connectivity index (χ2n) is 11.7. The van der Waals surface area contributed by atoms with Gasteiger partial charge in [0.2, 0.25) is 0 Å². The van der Waals surface area contributed by atoms with Crippen molar-refractivity contribution in [3.63, 3.8) is 0 Å². The number of anilines is 2. The first kappa shape index (κ1) is 23.6. The monoisotopic (exact) mass is 498 g/mol. The standard InChI is InChI=1S/C36H38N2/c1-26-16-12-14-24-32(26)37-27(2)34-36(29-19-8-4-9-20-29,30-21-10-5-11-22-30)31-23-13-15-25-33(31)38(34)35(37)28-17-6-3-7-18-28/h3-4,6-9,12-20,23-25,27,30,34-35H,5,10-11,21-22H2,1-2H3/t27-,34?,35?,36?/m0/s1. The van der Waals surface area contributed by atoms with E-state index < -0.39 is 0 Å². The predicted octanol–water partition coefficient (Wildman–Crippen LogP) is 8.66. The zero-order valence-corrected chi connectivity index (χ0v) is 22.6. The Balaban J connectivity index is 1.53. The van der Waals surface area contributed by atoms with Crippen LogP contribution in [0.4, 0.5) is 11.4 Å². The van der Waals surface area contributed by atoms with Crippen molar-refractivity contribution in [2.75, 3.05) is 9.80 Å². The summed E-state index contributed by atoms with van der Waals surface area (Å²) < 4.78 is 0. The fraction of sp³-hybridized carbons (Fsp3) is 0.333. The molecule has 2 heteroatoms. The summed E-state index contributed by atoms with van der Waals surface area (Å²) in [7, 11) is 0. The maximum absolute atomic E-state index is 2.82. The smallest absolute Gasteiger partial charge is 0.129 e. The number of hydrogen-bond donors (Lipinski definition) is 0. The highest BCUT2D eigenvalue weighted by Crippen LogP contribution is 2.63. The minimum Gasteiger partial charge on any atom is -0.342 e. The number of aryl methyl sites for hydroxylation is 1. The average Bonchev–Trinajstić information content (AvgIpc) is 3.45. The minimum atomic E-state index is -0.0395. The van der Waals surface area contributed by atoms with Gasteiger partial charge in [0.25, 0.3) is 0 Å². The van der Waals surface area contributed by atoms with Gasteiger partial charge in [0.1, 0.15) is 6.17 Å². The number of benzene rings is 4. The van der Waals surface area contributed by atoms with Gasteiger partial charge in [-0.3, -0.25) is 0 Å². The Labute approximate surface area is 227 Å². The van der Waals surface area contributed by atoms with E-state index >= 15 is 0 Å². The van der Waals surface area contributed by atoms with Gasteiger partial charge in [-0.15, -0.1) is 0 Å². The van der Waals surface area contributed by atoms with Crippen LogP contribution in [-0.4, -0.2) is 12.1 Å². The van der Waals surface area contributed by atoms with Gasteiger partial charge in [-0.25, -0.2) is 0 Å². The summed E-state index contributed by atoms with van der Waals surface area (Å²) >= 11 is 0. The second-order valence-corrected chi connectivity index (χ2v) is 11.7. The molecule has 4 aromatic carbocycles. The van der Waals surface area contributed by atoms with Gasteiger partial charge < -0.3 is 9.80 Å². The highest BCUT2D eigenvalue weighted by Gasteiger charge is 2.64. The van der Waals surface area contributed by atoms with Crippen LogP contribution in [0.15, 0.2) is 109 Å².